The van der Waals surface area contributed by atoms with Crippen molar-refractivity contribution in [1.29, 1.82) is 0 Å². The first-order chi connectivity index (χ1) is 12.8. The van der Waals surface area contributed by atoms with Crippen molar-refractivity contribution in [2.24, 2.45) is 11.7 Å². The van der Waals surface area contributed by atoms with E-state index in [0.717, 1.165) is 17.7 Å². The number of aliphatic hydroxyl groups excluding tert-OH is 1. The molecule has 5 N–H and O–H groups in total. The second kappa shape index (κ2) is 10.5. The molecule has 1 aliphatic rings. The van der Waals surface area contributed by atoms with E-state index >= 15 is 0 Å². The number of phenolic OH excluding ortho intramolecular Hbond substituents is 1. The molecule has 27 heavy (non-hydrogen) atoms. The number of hydrogen-bond acceptors (Lipinski definition) is 4. The minimum absolute atomic E-state index is 0.141. The number of amides is 1. The number of carbonyl (C=O) groups excluding carboxylic acids is 1. The Labute approximate surface area is 157 Å². The highest BCUT2D eigenvalue weighted by atomic mass is 19.2. The summed E-state index contributed by atoms with van der Waals surface area (Å²) in [7, 11) is 0. The van der Waals surface area contributed by atoms with E-state index < -0.39 is 23.2 Å². The Hall–Kier alpha value is -2.67. The van der Waals surface area contributed by atoms with Gasteiger partial charge < -0.3 is 21.3 Å². The third kappa shape index (κ3) is 6.53. The molecule has 2 aromatic carbocycles. The minimum atomic E-state index is -1.23. The number of aromatic hydroxyl groups is 1. The molecule has 1 saturated carbocycles. The van der Waals surface area contributed by atoms with E-state index in [4.69, 9.17) is 10.8 Å². The molecule has 2 aromatic rings. The molecule has 5 nitrogen and oxygen atoms in total. The highest BCUT2D eigenvalue weighted by molar-refractivity contribution is 5.99. The Morgan fingerprint density at radius 1 is 1.22 bits per heavy atom. The Bertz CT molecular complexity index is 778. The molecule has 0 spiro atoms. The van der Waals surface area contributed by atoms with Gasteiger partial charge in [-0.2, -0.15) is 0 Å². The number of anilines is 2. The lowest BCUT2D eigenvalue weighted by Gasteiger charge is -2.13. The summed E-state index contributed by atoms with van der Waals surface area (Å²) in [5.74, 6) is -2.72. The quantitative estimate of drug-likeness (QED) is 0.597. The lowest BCUT2D eigenvalue weighted by molar-refractivity contribution is 0.100. The number of primary amides is 1. The fourth-order valence-electron chi connectivity index (χ4n) is 2.06. The molecule has 0 bridgehead atoms. The average Bonchev–Trinajstić information content (AvgIpc) is 3.47. The Morgan fingerprint density at radius 2 is 1.85 bits per heavy atom. The predicted molar refractivity (Wildman–Crippen MR) is 102 cm³/mol. The summed E-state index contributed by atoms with van der Waals surface area (Å²) < 4.78 is 27.1. The first kappa shape index (κ1) is 22.4. The van der Waals surface area contributed by atoms with Crippen LogP contribution in [0.5, 0.6) is 5.75 Å². The number of carbonyl (C=O) groups is 1. The van der Waals surface area contributed by atoms with E-state index in [-0.39, 0.29) is 17.0 Å². The van der Waals surface area contributed by atoms with Gasteiger partial charge in [0, 0.05) is 6.61 Å². The zero-order valence-electron chi connectivity index (χ0n) is 15.7. The monoisotopic (exact) mass is 380 g/mol. The lowest BCUT2D eigenvalue weighted by Crippen LogP contribution is -2.15. The third-order valence-corrected chi connectivity index (χ3v) is 3.73. The summed E-state index contributed by atoms with van der Waals surface area (Å²) in [4.78, 5) is 11.2. The average molecular weight is 380 g/mol. The summed E-state index contributed by atoms with van der Waals surface area (Å²) in [5.41, 5.74) is 5.44. The second-order valence-electron chi connectivity index (χ2n) is 5.92. The number of benzene rings is 2. The number of aryl methyl sites for hydroxylation is 1. The number of nitrogens with two attached hydrogens (primary N) is 1. The molecule has 1 fully saturated rings. The van der Waals surface area contributed by atoms with Crippen LogP contribution in [0.4, 0.5) is 20.2 Å². The minimum Gasteiger partial charge on any atom is -0.506 e. The molecule has 0 aliphatic heterocycles. The van der Waals surface area contributed by atoms with Crippen LogP contribution in [-0.4, -0.2) is 22.7 Å². The van der Waals surface area contributed by atoms with Crippen molar-refractivity contribution >= 4 is 17.3 Å². The summed E-state index contributed by atoms with van der Waals surface area (Å²) >= 11 is 0. The molecule has 1 amide bonds. The molecule has 0 unspecified atom stereocenters. The fourth-order valence-corrected chi connectivity index (χ4v) is 2.06. The van der Waals surface area contributed by atoms with Crippen molar-refractivity contribution in [2.75, 3.05) is 11.9 Å². The first-order valence-corrected chi connectivity index (χ1v) is 8.78. The Morgan fingerprint density at radius 3 is 2.30 bits per heavy atom. The van der Waals surface area contributed by atoms with E-state index in [1.165, 1.54) is 25.0 Å². The van der Waals surface area contributed by atoms with Crippen molar-refractivity contribution in [2.45, 2.75) is 33.6 Å². The number of phenols is 1. The van der Waals surface area contributed by atoms with Crippen LogP contribution in [0.1, 0.15) is 42.6 Å². The summed E-state index contributed by atoms with van der Waals surface area (Å²) in [5, 5.41) is 20.4. The number of aliphatic hydroxyl groups is 1. The first-order valence-electron chi connectivity index (χ1n) is 8.78. The van der Waals surface area contributed by atoms with E-state index in [2.05, 4.69) is 5.32 Å². The lowest BCUT2D eigenvalue weighted by atomic mass is 10.1. The zero-order valence-corrected chi connectivity index (χ0v) is 15.7. The number of rotatable bonds is 4. The van der Waals surface area contributed by atoms with Gasteiger partial charge in [0.1, 0.15) is 5.75 Å². The highest BCUT2D eigenvalue weighted by Crippen LogP contribution is 2.31. The molecule has 0 aromatic heterocycles. The molecule has 0 saturated heterocycles. The van der Waals surface area contributed by atoms with Gasteiger partial charge in [-0.15, -0.1) is 0 Å². The van der Waals surface area contributed by atoms with Crippen LogP contribution in [0.3, 0.4) is 0 Å². The highest BCUT2D eigenvalue weighted by Gasteiger charge is 2.19. The third-order valence-electron chi connectivity index (χ3n) is 3.73. The maximum Gasteiger partial charge on any atom is 0.250 e. The SMILES string of the molecule is CC.Cc1ccc(Nc2c(C(N)=O)ccc(F)c2F)c(O)c1.OCC1CC1. The largest absolute Gasteiger partial charge is 0.506 e. The maximum absolute atomic E-state index is 13.8. The topological polar surface area (TPSA) is 95.6 Å². The fraction of sp³-hybridized carbons (Fsp3) is 0.350. The van der Waals surface area contributed by atoms with Crippen LogP contribution in [-0.2, 0) is 0 Å². The van der Waals surface area contributed by atoms with Gasteiger partial charge >= 0.3 is 0 Å². The summed E-state index contributed by atoms with van der Waals surface area (Å²) in [6.07, 6.45) is 2.52. The van der Waals surface area contributed by atoms with Gasteiger partial charge in [-0.05, 0) is 55.5 Å². The molecule has 0 atom stereocenters. The van der Waals surface area contributed by atoms with Crippen LogP contribution in [0.15, 0.2) is 30.3 Å². The van der Waals surface area contributed by atoms with Crippen molar-refractivity contribution in [3.63, 3.8) is 0 Å². The predicted octanol–water partition coefficient (Wildman–Crippen LogP) is 4.24. The molecular weight excluding hydrogens is 354 g/mol. The van der Waals surface area contributed by atoms with Crippen molar-refractivity contribution in [3.05, 3.63) is 53.1 Å². The van der Waals surface area contributed by atoms with Crippen LogP contribution in [0.25, 0.3) is 0 Å². The van der Waals surface area contributed by atoms with E-state index in [1.807, 2.05) is 13.8 Å². The van der Waals surface area contributed by atoms with Gasteiger partial charge in [0.05, 0.1) is 16.9 Å². The molecule has 1 aliphatic carbocycles. The van der Waals surface area contributed by atoms with E-state index in [1.54, 1.807) is 13.0 Å². The van der Waals surface area contributed by atoms with Gasteiger partial charge in [-0.1, -0.05) is 19.9 Å². The zero-order chi connectivity index (χ0) is 20.6. The van der Waals surface area contributed by atoms with Crippen molar-refractivity contribution in [1.82, 2.24) is 0 Å². The number of nitrogens with one attached hydrogen (secondary N) is 1. The van der Waals surface area contributed by atoms with Gasteiger partial charge in [-0.25, -0.2) is 8.78 Å². The van der Waals surface area contributed by atoms with Gasteiger partial charge in [0.2, 0.25) is 0 Å². The Balaban J connectivity index is 0.000000441. The van der Waals surface area contributed by atoms with Crippen LogP contribution in [0, 0.1) is 24.5 Å². The van der Waals surface area contributed by atoms with E-state index in [9.17, 15) is 18.7 Å². The summed E-state index contributed by atoms with van der Waals surface area (Å²) in [6.45, 7) is 6.18. The normalized spacial score (nSPS) is 12.2. The molecule has 7 heteroatoms. The van der Waals surface area contributed by atoms with Gasteiger partial charge in [0.25, 0.3) is 5.91 Å². The van der Waals surface area contributed by atoms with Crippen molar-refractivity contribution in [3.8, 4) is 5.75 Å². The Kier molecular flexibility index (Phi) is 8.68. The molecule has 3 rings (SSSR count). The standard InChI is InChI=1S/C14H12F2N2O2.C4H8O.C2H6/c1-7-2-5-10(11(19)6-7)18-13-8(14(17)20)3-4-9(15)12(13)16;5-3-4-1-2-4;1-2/h2-6,18-19H,1H3,(H2,17,20);4-5H,1-3H2;1-2H3. The molecular formula is C20H26F2N2O3. The van der Waals surface area contributed by atoms with Crippen LogP contribution < -0.4 is 11.1 Å². The molecule has 0 radical (unpaired) electrons. The number of hydrogen-bond donors (Lipinski definition) is 4. The maximum atomic E-state index is 13.8. The van der Waals surface area contributed by atoms with Crippen LogP contribution >= 0.6 is 0 Å². The van der Waals surface area contributed by atoms with Crippen LogP contribution in [0.2, 0.25) is 0 Å². The van der Waals surface area contributed by atoms with Crippen molar-refractivity contribution < 1.29 is 23.8 Å². The number of halogens is 2. The summed E-state index contributed by atoms with van der Waals surface area (Å²) in [6, 6.07) is 6.50. The van der Waals surface area contributed by atoms with E-state index in [0.29, 0.717) is 12.5 Å². The second-order valence-corrected chi connectivity index (χ2v) is 5.92. The smallest absolute Gasteiger partial charge is 0.250 e. The molecule has 0 heterocycles. The van der Waals surface area contributed by atoms with Gasteiger partial charge in [-0.3, -0.25) is 4.79 Å². The van der Waals surface area contributed by atoms with Gasteiger partial charge in [0.15, 0.2) is 11.6 Å². The molecule has 148 valence electrons.